The van der Waals surface area contributed by atoms with E-state index in [0.717, 1.165) is 0 Å². The lowest BCUT2D eigenvalue weighted by atomic mass is 9.97. The fraction of sp³-hybridized carbons (Fsp3) is 0. The van der Waals surface area contributed by atoms with Gasteiger partial charge in [-0.15, -0.1) is 0 Å². The van der Waals surface area contributed by atoms with Crippen molar-refractivity contribution in [1.82, 2.24) is 19.9 Å². The molecule has 0 aliphatic carbocycles. The van der Waals surface area contributed by atoms with E-state index in [1.807, 2.05) is 0 Å². The number of nitrogens with zero attached hydrogens (tertiary/aromatic N) is 2. The maximum atomic E-state index is 13.8. The molecule has 0 amide bonds. The van der Waals surface area contributed by atoms with Crippen LogP contribution in [0.25, 0.3) is 23.3 Å². The topological polar surface area (TPSA) is 74.4 Å². The summed E-state index contributed by atoms with van der Waals surface area (Å²) in [5.74, 6) is 0.410. The Morgan fingerprint density at radius 1 is 0.719 bits per heavy atom. The molecule has 0 fully saturated rings. The van der Waals surface area contributed by atoms with Gasteiger partial charge in [-0.2, -0.15) is 0 Å². The van der Waals surface area contributed by atoms with Crippen LogP contribution < -0.4 is 0 Å². The zero-order valence-electron chi connectivity index (χ0n) is 16.2. The third-order valence-corrected chi connectivity index (χ3v) is 5.65. The second-order valence-electron chi connectivity index (χ2n) is 6.65. The molecule has 0 radical (unpaired) electrons. The largest absolute Gasteiger partial charge is 0.345 e. The number of ketones is 1. The van der Waals surface area contributed by atoms with Crippen molar-refractivity contribution in [3.05, 3.63) is 104 Å². The summed E-state index contributed by atoms with van der Waals surface area (Å²) < 4.78 is 0. The molecule has 32 heavy (non-hydrogen) atoms. The molecular formula is C23H14Cl4N4O. The van der Waals surface area contributed by atoms with Crippen LogP contribution in [0.5, 0.6) is 0 Å². The molecule has 2 heterocycles. The number of H-pyrrole nitrogens is 2. The molecule has 0 saturated carbocycles. The molecule has 2 aromatic heterocycles. The van der Waals surface area contributed by atoms with Gasteiger partial charge < -0.3 is 9.97 Å². The maximum Gasteiger partial charge on any atom is 0.200 e. The first-order valence-corrected chi connectivity index (χ1v) is 10.8. The third kappa shape index (κ3) is 4.97. The van der Waals surface area contributed by atoms with Crippen LogP contribution >= 0.6 is 46.4 Å². The van der Waals surface area contributed by atoms with Crippen LogP contribution in [0.15, 0.2) is 61.2 Å². The van der Waals surface area contributed by atoms with Gasteiger partial charge in [-0.05, 0) is 47.5 Å². The van der Waals surface area contributed by atoms with Crippen LogP contribution in [0, 0.1) is 0 Å². The summed E-state index contributed by atoms with van der Waals surface area (Å²) in [6.45, 7) is 0. The van der Waals surface area contributed by atoms with Crippen molar-refractivity contribution >= 4 is 75.5 Å². The van der Waals surface area contributed by atoms with Gasteiger partial charge >= 0.3 is 0 Å². The second-order valence-corrected chi connectivity index (χ2v) is 8.34. The van der Waals surface area contributed by atoms with E-state index in [1.54, 1.807) is 73.3 Å². The normalized spacial score (nSPS) is 12.2. The number of hydrogen-bond donors (Lipinski definition) is 2. The van der Waals surface area contributed by atoms with Gasteiger partial charge in [0.1, 0.15) is 11.6 Å². The minimum atomic E-state index is -0.341. The van der Waals surface area contributed by atoms with Crippen molar-refractivity contribution < 1.29 is 4.79 Å². The van der Waals surface area contributed by atoms with Gasteiger partial charge in [0.2, 0.25) is 5.78 Å². The number of aromatic nitrogens is 4. The Labute approximate surface area is 203 Å². The van der Waals surface area contributed by atoms with E-state index in [9.17, 15) is 4.79 Å². The number of Topliss-reactive ketones (excluding diaryl/α,β-unsaturated/α-hetero) is 1. The molecule has 4 rings (SSSR count). The molecule has 5 nitrogen and oxygen atoms in total. The summed E-state index contributed by atoms with van der Waals surface area (Å²) in [6.07, 6.45) is 9.69. The molecule has 0 atom stereocenters. The Balaban J connectivity index is 1.88. The summed E-state index contributed by atoms with van der Waals surface area (Å²) in [7, 11) is 0. The summed E-state index contributed by atoms with van der Waals surface area (Å²) in [6, 6.07) is 10.1. The van der Waals surface area contributed by atoms with Gasteiger partial charge in [0.05, 0.1) is 11.1 Å². The Morgan fingerprint density at radius 3 is 1.50 bits per heavy atom. The number of halogens is 4. The van der Waals surface area contributed by atoms with Crippen molar-refractivity contribution in [2.24, 2.45) is 0 Å². The van der Waals surface area contributed by atoms with Gasteiger partial charge in [-0.25, -0.2) is 9.97 Å². The highest BCUT2D eigenvalue weighted by Gasteiger charge is 2.23. The number of carbonyl (C=O) groups is 1. The number of carbonyl (C=O) groups excluding carboxylic acids is 1. The molecule has 0 bridgehead atoms. The summed E-state index contributed by atoms with van der Waals surface area (Å²) in [5.41, 5.74) is 1.79. The summed E-state index contributed by atoms with van der Waals surface area (Å²) in [4.78, 5) is 28.3. The smallest absolute Gasteiger partial charge is 0.200 e. The molecule has 9 heteroatoms. The summed E-state index contributed by atoms with van der Waals surface area (Å²) in [5, 5.41) is 1.79. The highest BCUT2D eigenvalue weighted by Crippen LogP contribution is 2.31. The second kappa shape index (κ2) is 9.76. The minimum absolute atomic E-state index is 0.284. The van der Waals surface area contributed by atoms with E-state index in [4.69, 9.17) is 46.4 Å². The van der Waals surface area contributed by atoms with Crippen LogP contribution in [-0.2, 0) is 4.79 Å². The van der Waals surface area contributed by atoms with E-state index in [2.05, 4.69) is 19.9 Å². The van der Waals surface area contributed by atoms with Crippen LogP contribution in [0.3, 0.4) is 0 Å². The maximum absolute atomic E-state index is 13.8. The molecule has 4 aromatic rings. The van der Waals surface area contributed by atoms with Crippen molar-refractivity contribution in [2.75, 3.05) is 0 Å². The number of hydrogen-bond acceptors (Lipinski definition) is 3. The van der Waals surface area contributed by atoms with Gasteiger partial charge in [0.15, 0.2) is 0 Å². The fourth-order valence-corrected chi connectivity index (χ4v) is 3.93. The molecule has 2 N–H and O–H groups in total. The van der Waals surface area contributed by atoms with Crippen LogP contribution in [0.1, 0.15) is 22.8 Å². The third-order valence-electron chi connectivity index (χ3n) is 4.52. The molecule has 0 saturated heterocycles. The molecule has 0 aliphatic heterocycles. The van der Waals surface area contributed by atoms with Crippen LogP contribution in [-0.4, -0.2) is 25.7 Å². The average molecular weight is 504 g/mol. The average Bonchev–Trinajstić information content (AvgIpc) is 3.47. The fourth-order valence-electron chi connectivity index (χ4n) is 3.00. The standard InChI is InChI=1S/C23H14Cl4N4O/c24-15-3-1-13(19(26)11-15)9-17(22-28-5-6-29-22)21(32)18(23-30-7-8-31-23)10-14-2-4-16(25)12-20(14)27/h1-12H,(H,28,29)(H,30,31). The van der Waals surface area contributed by atoms with Crippen LogP contribution in [0.4, 0.5) is 0 Å². The predicted molar refractivity (Wildman–Crippen MR) is 131 cm³/mol. The van der Waals surface area contributed by atoms with Gasteiger partial charge in [-0.1, -0.05) is 58.5 Å². The van der Waals surface area contributed by atoms with E-state index in [0.29, 0.717) is 42.9 Å². The Kier molecular flexibility index (Phi) is 6.82. The van der Waals surface area contributed by atoms with Crippen molar-refractivity contribution in [1.29, 1.82) is 0 Å². The van der Waals surface area contributed by atoms with Gasteiger partial charge in [0, 0.05) is 44.9 Å². The number of benzene rings is 2. The van der Waals surface area contributed by atoms with Crippen molar-refractivity contribution in [3.63, 3.8) is 0 Å². The minimum Gasteiger partial charge on any atom is -0.345 e. The lowest BCUT2D eigenvalue weighted by molar-refractivity contribution is -0.108. The number of rotatable bonds is 6. The summed E-state index contributed by atoms with van der Waals surface area (Å²) >= 11 is 24.7. The number of aromatic amines is 2. The van der Waals surface area contributed by atoms with E-state index >= 15 is 0 Å². The van der Waals surface area contributed by atoms with Crippen LogP contribution in [0.2, 0.25) is 20.1 Å². The van der Waals surface area contributed by atoms with Gasteiger partial charge in [0.25, 0.3) is 0 Å². The molecule has 0 spiro atoms. The Morgan fingerprint density at radius 2 is 1.16 bits per heavy atom. The first-order valence-electron chi connectivity index (χ1n) is 9.30. The SMILES string of the molecule is O=C(C(=Cc1ccc(Cl)cc1Cl)c1ncc[nH]1)C(=Cc1ccc(Cl)cc1Cl)c1ncc[nH]1. The lowest BCUT2D eigenvalue weighted by Gasteiger charge is -2.09. The van der Waals surface area contributed by atoms with Crippen molar-refractivity contribution in [3.8, 4) is 0 Å². The molecular weight excluding hydrogens is 490 g/mol. The van der Waals surface area contributed by atoms with E-state index in [1.165, 1.54) is 0 Å². The zero-order chi connectivity index (χ0) is 22.7. The molecule has 160 valence electrons. The monoisotopic (exact) mass is 502 g/mol. The highest BCUT2D eigenvalue weighted by molar-refractivity contribution is 6.46. The Hall–Kier alpha value is -2.83. The zero-order valence-corrected chi connectivity index (χ0v) is 19.3. The van der Waals surface area contributed by atoms with E-state index in [-0.39, 0.29) is 16.9 Å². The first kappa shape index (κ1) is 22.4. The van der Waals surface area contributed by atoms with Crippen molar-refractivity contribution in [2.45, 2.75) is 0 Å². The first-order chi connectivity index (χ1) is 15.4. The number of imidazole rings is 2. The quantitative estimate of drug-likeness (QED) is 0.275. The number of allylic oxidation sites excluding steroid dienone is 2. The van der Waals surface area contributed by atoms with E-state index < -0.39 is 0 Å². The predicted octanol–water partition coefficient (Wildman–Crippen LogP) is 7.10. The van der Waals surface area contributed by atoms with Gasteiger partial charge in [-0.3, -0.25) is 4.79 Å². The Bertz CT molecular complexity index is 1220. The number of nitrogens with one attached hydrogen (secondary N) is 2. The lowest BCUT2D eigenvalue weighted by Crippen LogP contribution is -2.08. The molecule has 2 aromatic carbocycles. The molecule has 0 aliphatic rings. The molecule has 0 unspecified atom stereocenters. The highest BCUT2D eigenvalue weighted by atomic mass is 35.5.